The fourth-order valence-electron chi connectivity index (χ4n) is 2.90. The van der Waals surface area contributed by atoms with Crippen molar-refractivity contribution in [2.45, 2.75) is 0 Å². The number of phenolic OH excluding ortho intramolecular Hbond substituents is 1. The third-order valence-corrected chi connectivity index (χ3v) is 4.34. The molecule has 0 unspecified atom stereocenters. The van der Waals surface area contributed by atoms with Crippen molar-refractivity contribution in [3.63, 3.8) is 0 Å². The van der Waals surface area contributed by atoms with Gasteiger partial charge in [0, 0.05) is 7.11 Å². The molecule has 0 aliphatic heterocycles. The van der Waals surface area contributed by atoms with Crippen LogP contribution in [0.25, 0.3) is 17.2 Å². The lowest BCUT2D eigenvalue weighted by Gasteiger charge is -2.12. The van der Waals surface area contributed by atoms with E-state index in [0.717, 1.165) is 11.1 Å². The predicted molar refractivity (Wildman–Crippen MR) is 112 cm³/mol. The van der Waals surface area contributed by atoms with Gasteiger partial charge in [-0.25, -0.2) is 0 Å². The largest absolute Gasteiger partial charge is 0.504 e. The number of benzene rings is 3. The standard InChI is InChI=1S/C24H22O5/c1-27-16-29-19-11-8-17(9-12-19)10-14-21(25)23-20(18-6-4-3-5-7-18)13-15-22(28-2)24(23)26/h3-15,26H,16H2,1-2H3/b14-10+. The molecular weight excluding hydrogens is 368 g/mol. The molecule has 0 aromatic heterocycles. The number of rotatable bonds is 8. The van der Waals surface area contributed by atoms with Crippen molar-refractivity contribution < 1.29 is 24.1 Å². The molecule has 3 rings (SSSR count). The summed E-state index contributed by atoms with van der Waals surface area (Å²) in [5.41, 5.74) is 2.50. The Morgan fingerprint density at radius 1 is 0.966 bits per heavy atom. The molecule has 5 heteroatoms. The highest BCUT2D eigenvalue weighted by Gasteiger charge is 2.19. The molecule has 0 saturated carbocycles. The van der Waals surface area contributed by atoms with Crippen molar-refractivity contribution >= 4 is 11.9 Å². The van der Waals surface area contributed by atoms with E-state index in [9.17, 15) is 9.90 Å². The molecule has 0 atom stereocenters. The first-order valence-corrected chi connectivity index (χ1v) is 9.03. The van der Waals surface area contributed by atoms with Crippen LogP contribution >= 0.6 is 0 Å². The van der Waals surface area contributed by atoms with Gasteiger partial charge in [0.2, 0.25) is 0 Å². The molecule has 0 fully saturated rings. The minimum Gasteiger partial charge on any atom is -0.504 e. The first-order chi connectivity index (χ1) is 14.1. The quantitative estimate of drug-likeness (QED) is 0.335. The van der Waals surface area contributed by atoms with Crippen LogP contribution in [-0.2, 0) is 4.74 Å². The topological polar surface area (TPSA) is 65.0 Å². The van der Waals surface area contributed by atoms with Gasteiger partial charge in [-0.2, -0.15) is 0 Å². The number of aromatic hydroxyl groups is 1. The molecule has 29 heavy (non-hydrogen) atoms. The average molecular weight is 390 g/mol. The first-order valence-electron chi connectivity index (χ1n) is 9.03. The number of phenols is 1. The smallest absolute Gasteiger partial charge is 0.190 e. The molecule has 5 nitrogen and oxygen atoms in total. The summed E-state index contributed by atoms with van der Waals surface area (Å²) in [6.07, 6.45) is 3.13. The van der Waals surface area contributed by atoms with Crippen LogP contribution in [0.3, 0.4) is 0 Å². The minimum absolute atomic E-state index is 0.172. The summed E-state index contributed by atoms with van der Waals surface area (Å²) < 4.78 is 15.4. The number of methoxy groups -OCH3 is 2. The molecule has 0 heterocycles. The van der Waals surface area contributed by atoms with Crippen molar-refractivity contribution in [2.24, 2.45) is 0 Å². The molecule has 148 valence electrons. The number of carbonyl (C=O) groups excluding carboxylic acids is 1. The summed E-state index contributed by atoms with van der Waals surface area (Å²) in [4.78, 5) is 13.0. The van der Waals surface area contributed by atoms with Crippen LogP contribution in [0.4, 0.5) is 0 Å². The summed E-state index contributed by atoms with van der Waals surface area (Å²) in [6, 6.07) is 20.1. The monoisotopic (exact) mass is 390 g/mol. The molecular formula is C24H22O5. The second-order valence-electron chi connectivity index (χ2n) is 6.22. The average Bonchev–Trinajstić information content (AvgIpc) is 2.77. The highest BCUT2D eigenvalue weighted by molar-refractivity contribution is 6.13. The lowest BCUT2D eigenvalue weighted by molar-refractivity contribution is 0.0511. The Kier molecular flexibility index (Phi) is 6.66. The fraction of sp³-hybridized carbons (Fsp3) is 0.125. The molecule has 0 radical (unpaired) electrons. The van der Waals surface area contributed by atoms with Gasteiger partial charge in [-0.3, -0.25) is 4.79 Å². The van der Waals surface area contributed by atoms with Gasteiger partial charge in [-0.05, 0) is 47.0 Å². The van der Waals surface area contributed by atoms with Gasteiger partial charge >= 0.3 is 0 Å². The van der Waals surface area contributed by atoms with Crippen LogP contribution in [0, 0.1) is 0 Å². The number of hydrogen-bond acceptors (Lipinski definition) is 5. The third-order valence-electron chi connectivity index (χ3n) is 4.34. The number of ether oxygens (including phenoxy) is 3. The molecule has 0 bridgehead atoms. The van der Waals surface area contributed by atoms with Gasteiger partial charge < -0.3 is 19.3 Å². The molecule has 0 aliphatic rings. The van der Waals surface area contributed by atoms with Crippen molar-refractivity contribution in [2.75, 3.05) is 21.0 Å². The van der Waals surface area contributed by atoms with Crippen molar-refractivity contribution in [3.05, 3.63) is 83.9 Å². The molecule has 0 aliphatic carbocycles. The van der Waals surface area contributed by atoms with Gasteiger partial charge in [0.05, 0.1) is 12.7 Å². The SMILES string of the molecule is COCOc1ccc(/C=C/C(=O)c2c(-c3ccccc3)ccc(OC)c2O)cc1. The Morgan fingerprint density at radius 2 is 1.69 bits per heavy atom. The Morgan fingerprint density at radius 3 is 2.34 bits per heavy atom. The van der Waals surface area contributed by atoms with Gasteiger partial charge in [-0.1, -0.05) is 48.5 Å². The molecule has 1 N–H and O–H groups in total. The number of hydrogen-bond donors (Lipinski definition) is 1. The maximum atomic E-state index is 13.0. The van der Waals surface area contributed by atoms with Crippen LogP contribution in [0.1, 0.15) is 15.9 Å². The summed E-state index contributed by atoms with van der Waals surface area (Å²) in [5, 5.41) is 10.6. The Labute approximate surface area is 169 Å². The highest BCUT2D eigenvalue weighted by atomic mass is 16.7. The first kappa shape index (κ1) is 20.2. The van der Waals surface area contributed by atoms with Crippen LogP contribution in [-0.4, -0.2) is 31.9 Å². The lowest BCUT2D eigenvalue weighted by Crippen LogP contribution is -2.01. The van der Waals surface area contributed by atoms with Crippen LogP contribution < -0.4 is 9.47 Å². The third kappa shape index (κ3) is 4.83. The van der Waals surface area contributed by atoms with Crippen LogP contribution in [0.5, 0.6) is 17.2 Å². The maximum absolute atomic E-state index is 13.0. The summed E-state index contributed by atoms with van der Waals surface area (Å²) >= 11 is 0. The van der Waals surface area contributed by atoms with E-state index in [4.69, 9.17) is 14.2 Å². The Bertz CT molecular complexity index is 992. The zero-order chi connectivity index (χ0) is 20.6. The van der Waals surface area contributed by atoms with E-state index in [-0.39, 0.29) is 29.6 Å². The van der Waals surface area contributed by atoms with Crippen molar-refractivity contribution in [1.82, 2.24) is 0 Å². The van der Waals surface area contributed by atoms with E-state index in [0.29, 0.717) is 11.3 Å². The molecule has 3 aromatic rings. The van der Waals surface area contributed by atoms with E-state index in [1.54, 1.807) is 37.5 Å². The maximum Gasteiger partial charge on any atom is 0.190 e. The minimum atomic E-state index is -0.319. The number of ketones is 1. The summed E-state index contributed by atoms with van der Waals surface area (Å²) in [6.45, 7) is 0.172. The predicted octanol–water partition coefficient (Wildman–Crippen LogP) is 4.95. The van der Waals surface area contributed by atoms with E-state index in [1.807, 2.05) is 42.5 Å². The van der Waals surface area contributed by atoms with E-state index < -0.39 is 0 Å². The molecule has 0 amide bonds. The van der Waals surface area contributed by atoms with Gasteiger partial charge in [0.15, 0.2) is 24.1 Å². The van der Waals surface area contributed by atoms with E-state index in [2.05, 4.69) is 0 Å². The van der Waals surface area contributed by atoms with Crippen molar-refractivity contribution in [1.29, 1.82) is 0 Å². The summed E-state index contributed by atoms with van der Waals surface area (Å²) in [5.74, 6) is 0.431. The normalized spacial score (nSPS) is 10.8. The highest BCUT2D eigenvalue weighted by Crippen LogP contribution is 2.37. The number of carbonyl (C=O) groups is 1. The lowest BCUT2D eigenvalue weighted by atomic mass is 9.95. The van der Waals surface area contributed by atoms with Gasteiger partial charge in [-0.15, -0.1) is 0 Å². The Hall–Kier alpha value is -3.57. The van der Waals surface area contributed by atoms with Gasteiger partial charge in [0.1, 0.15) is 5.75 Å². The number of allylic oxidation sites excluding steroid dienone is 1. The zero-order valence-electron chi connectivity index (χ0n) is 16.3. The Balaban J connectivity index is 1.91. The van der Waals surface area contributed by atoms with E-state index in [1.165, 1.54) is 13.2 Å². The second kappa shape index (κ2) is 9.57. The molecule has 3 aromatic carbocycles. The molecule has 0 saturated heterocycles. The van der Waals surface area contributed by atoms with E-state index >= 15 is 0 Å². The van der Waals surface area contributed by atoms with Gasteiger partial charge in [0.25, 0.3) is 0 Å². The van der Waals surface area contributed by atoms with Crippen molar-refractivity contribution in [3.8, 4) is 28.4 Å². The molecule has 0 spiro atoms. The zero-order valence-corrected chi connectivity index (χ0v) is 16.3. The van der Waals surface area contributed by atoms with Crippen LogP contribution in [0.2, 0.25) is 0 Å². The fourth-order valence-corrected chi connectivity index (χ4v) is 2.90. The summed E-state index contributed by atoms with van der Waals surface area (Å²) in [7, 11) is 3.01. The van der Waals surface area contributed by atoms with Crippen LogP contribution in [0.15, 0.2) is 72.8 Å². The second-order valence-corrected chi connectivity index (χ2v) is 6.22.